The first-order valence-corrected chi connectivity index (χ1v) is 9.55. The van der Waals surface area contributed by atoms with Gasteiger partial charge in [-0.05, 0) is 25.5 Å². The predicted octanol–water partition coefficient (Wildman–Crippen LogP) is 3.90. The summed E-state index contributed by atoms with van der Waals surface area (Å²) in [6.07, 6.45) is 2.71. The van der Waals surface area contributed by atoms with Gasteiger partial charge < -0.3 is 5.32 Å². The van der Waals surface area contributed by atoms with Gasteiger partial charge >= 0.3 is 0 Å². The molecule has 1 unspecified atom stereocenters. The van der Waals surface area contributed by atoms with Gasteiger partial charge in [-0.15, -0.1) is 16.8 Å². The van der Waals surface area contributed by atoms with Crippen molar-refractivity contribution < 1.29 is 4.79 Å². The Morgan fingerprint density at radius 3 is 2.75 bits per heavy atom. The Hall–Kier alpha value is -1.60. The lowest BCUT2D eigenvalue weighted by molar-refractivity contribution is -0.119. The minimum absolute atomic E-state index is 0.00712. The summed E-state index contributed by atoms with van der Waals surface area (Å²) in [6.45, 7) is 8.43. The van der Waals surface area contributed by atoms with Crippen molar-refractivity contribution in [3.8, 4) is 11.4 Å². The number of aromatic nitrogens is 3. The number of carbonyl (C=O) groups is 1. The molecule has 0 bridgehead atoms. The molecule has 0 spiro atoms. The van der Waals surface area contributed by atoms with Crippen LogP contribution in [-0.4, -0.2) is 32.5 Å². The number of carbonyl (C=O) groups excluding carboxylic acids is 1. The van der Waals surface area contributed by atoms with Crippen molar-refractivity contribution in [2.24, 2.45) is 0 Å². The molecule has 0 saturated carbocycles. The van der Waals surface area contributed by atoms with Crippen LogP contribution in [0.1, 0.15) is 20.3 Å². The van der Waals surface area contributed by atoms with Crippen molar-refractivity contribution in [2.75, 3.05) is 5.75 Å². The van der Waals surface area contributed by atoms with E-state index in [2.05, 4.69) is 38.0 Å². The molecule has 0 aliphatic rings. The van der Waals surface area contributed by atoms with Crippen molar-refractivity contribution >= 4 is 33.6 Å². The van der Waals surface area contributed by atoms with Crippen LogP contribution < -0.4 is 5.32 Å². The number of amides is 1. The molecule has 0 fully saturated rings. The molecule has 1 N–H and O–H groups in total. The smallest absolute Gasteiger partial charge is 0.230 e. The van der Waals surface area contributed by atoms with Gasteiger partial charge in [-0.1, -0.05) is 52.8 Å². The maximum atomic E-state index is 12.0. The Morgan fingerprint density at radius 2 is 2.12 bits per heavy atom. The minimum Gasteiger partial charge on any atom is -0.353 e. The summed E-state index contributed by atoms with van der Waals surface area (Å²) in [5, 5.41) is 12.2. The van der Waals surface area contributed by atoms with Gasteiger partial charge in [-0.3, -0.25) is 9.36 Å². The van der Waals surface area contributed by atoms with E-state index in [9.17, 15) is 4.79 Å². The van der Waals surface area contributed by atoms with Crippen molar-refractivity contribution in [3.05, 3.63) is 41.4 Å². The van der Waals surface area contributed by atoms with Gasteiger partial charge in [-0.2, -0.15) is 0 Å². The molecule has 7 heteroatoms. The zero-order valence-electron chi connectivity index (χ0n) is 13.8. The molecular formula is C17H21BrN4OS. The SMILES string of the molecule is C=CCn1c(SCC(=O)NC(C)CC)nnc1-c1ccc(Br)cc1. The number of nitrogens with zero attached hydrogens (tertiary/aromatic N) is 3. The average Bonchev–Trinajstić information content (AvgIpc) is 2.97. The van der Waals surface area contributed by atoms with Gasteiger partial charge in [0.05, 0.1) is 5.75 Å². The normalized spacial score (nSPS) is 12.0. The lowest BCUT2D eigenvalue weighted by atomic mass is 10.2. The van der Waals surface area contributed by atoms with Crippen LogP contribution in [-0.2, 0) is 11.3 Å². The van der Waals surface area contributed by atoms with E-state index in [1.807, 2.05) is 42.7 Å². The number of hydrogen-bond donors (Lipinski definition) is 1. The molecule has 2 rings (SSSR count). The molecule has 1 heterocycles. The van der Waals surface area contributed by atoms with Crippen molar-refractivity contribution in [1.29, 1.82) is 0 Å². The molecule has 2 aromatic rings. The van der Waals surface area contributed by atoms with Gasteiger partial charge in [-0.25, -0.2) is 0 Å². The second-order valence-electron chi connectivity index (χ2n) is 5.38. The number of thioether (sulfide) groups is 1. The lowest BCUT2D eigenvalue weighted by Crippen LogP contribution is -2.33. The minimum atomic E-state index is 0.00712. The summed E-state index contributed by atoms with van der Waals surface area (Å²) < 4.78 is 2.98. The zero-order chi connectivity index (χ0) is 17.5. The molecule has 5 nitrogen and oxygen atoms in total. The third kappa shape index (κ3) is 4.95. The Morgan fingerprint density at radius 1 is 1.42 bits per heavy atom. The van der Waals surface area contributed by atoms with Crippen molar-refractivity contribution in [3.63, 3.8) is 0 Å². The molecule has 128 valence electrons. The first kappa shape index (κ1) is 18.7. The van der Waals surface area contributed by atoms with E-state index >= 15 is 0 Å². The first-order chi connectivity index (χ1) is 11.5. The summed E-state index contributed by atoms with van der Waals surface area (Å²) >= 11 is 4.82. The highest BCUT2D eigenvalue weighted by atomic mass is 79.9. The highest BCUT2D eigenvalue weighted by molar-refractivity contribution is 9.10. The van der Waals surface area contributed by atoms with E-state index in [1.165, 1.54) is 11.8 Å². The van der Waals surface area contributed by atoms with E-state index in [0.717, 1.165) is 22.3 Å². The van der Waals surface area contributed by atoms with Gasteiger partial charge in [0.2, 0.25) is 5.91 Å². The van der Waals surface area contributed by atoms with Gasteiger partial charge in [0.1, 0.15) is 0 Å². The summed E-state index contributed by atoms with van der Waals surface area (Å²) in [7, 11) is 0. The summed E-state index contributed by atoms with van der Waals surface area (Å²) in [5.74, 6) is 1.10. The van der Waals surface area contributed by atoms with Crippen LogP contribution in [0.5, 0.6) is 0 Å². The number of benzene rings is 1. The van der Waals surface area contributed by atoms with Gasteiger partial charge in [0.25, 0.3) is 0 Å². The first-order valence-electron chi connectivity index (χ1n) is 7.77. The Balaban J connectivity index is 2.14. The Labute approximate surface area is 155 Å². The van der Waals surface area contributed by atoms with Crippen LogP contribution >= 0.6 is 27.7 Å². The standard InChI is InChI=1S/C17H21BrN4OS/c1-4-10-22-16(13-6-8-14(18)9-7-13)20-21-17(22)24-11-15(23)19-12(3)5-2/h4,6-9,12H,1,5,10-11H2,2-3H3,(H,19,23). The summed E-state index contributed by atoms with van der Waals surface area (Å²) in [4.78, 5) is 12.0. The van der Waals surface area contributed by atoms with Gasteiger partial charge in [0.15, 0.2) is 11.0 Å². The molecular weight excluding hydrogens is 388 g/mol. The maximum absolute atomic E-state index is 12.0. The maximum Gasteiger partial charge on any atom is 0.230 e. The van der Waals surface area contributed by atoms with E-state index in [1.54, 1.807) is 6.08 Å². The average molecular weight is 409 g/mol. The molecule has 0 aliphatic carbocycles. The fraction of sp³-hybridized carbons (Fsp3) is 0.353. The molecule has 0 aliphatic heterocycles. The third-order valence-electron chi connectivity index (χ3n) is 3.48. The van der Waals surface area contributed by atoms with Crippen molar-refractivity contribution in [2.45, 2.75) is 38.0 Å². The molecule has 1 aromatic carbocycles. The molecule has 24 heavy (non-hydrogen) atoms. The van der Waals surface area contributed by atoms with Crippen LogP contribution in [0.25, 0.3) is 11.4 Å². The number of allylic oxidation sites excluding steroid dienone is 1. The van der Waals surface area contributed by atoms with Crippen molar-refractivity contribution in [1.82, 2.24) is 20.1 Å². The molecule has 0 radical (unpaired) electrons. The quantitative estimate of drug-likeness (QED) is 0.531. The predicted molar refractivity (Wildman–Crippen MR) is 102 cm³/mol. The highest BCUT2D eigenvalue weighted by Gasteiger charge is 2.15. The monoisotopic (exact) mass is 408 g/mol. The van der Waals surface area contributed by atoms with E-state index in [4.69, 9.17) is 0 Å². The summed E-state index contributed by atoms with van der Waals surface area (Å²) in [6, 6.07) is 8.08. The number of halogens is 1. The van der Waals surface area contributed by atoms with Crippen LogP contribution in [0.2, 0.25) is 0 Å². The topological polar surface area (TPSA) is 59.8 Å². The molecule has 1 aromatic heterocycles. The number of rotatable bonds is 8. The van der Waals surface area contributed by atoms with E-state index in [-0.39, 0.29) is 11.9 Å². The van der Waals surface area contributed by atoms with E-state index in [0.29, 0.717) is 17.5 Å². The molecule has 1 atom stereocenters. The second kappa shape index (κ2) is 9.03. The van der Waals surface area contributed by atoms with Gasteiger partial charge in [0, 0.05) is 22.6 Å². The van der Waals surface area contributed by atoms with E-state index < -0.39 is 0 Å². The molecule has 0 saturated heterocycles. The number of nitrogens with one attached hydrogen (secondary N) is 1. The fourth-order valence-electron chi connectivity index (χ4n) is 2.05. The Bertz CT molecular complexity index is 699. The van der Waals surface area contributed by atoms with Crippen LogP contribution in [0.4, 0.5) is 0 Å². The molecule has 1 amide bonds. The Kier molecular flexibility index (Phi) is 7.05. The third-order valence-corrected chi connectivity index (χ3v) is 4.98. The zero-order valence-corrected chi connectivity index (χ0v) is 16.2. The second-order valence-corrected chi connectivity index (χ2v) is 7.24. The highest BCUT2D eigenvalue weighted by Crippen LogP contribution is 2.25. The fourth-order valence-corrected chi connectivity index (χ4v) is 3.07. The summed E-state index contributed by atoms with van der Waals surface area (Å²) in [5.41, 5.74) is 0.975. The van der Waals surface area contributed by atoms with Crippen LogP contribution in [0.3, 0.4) is 0 Å². The largest absolute Gasteiger partial charge is 0.353 e. The number of hydrogen-bond acceptors (Lipinski definition) is 4. The van der Waals surface area contributed by atoms with Crippen LogP contribution in [0, 0.1) is 0 Å². The lowest BCUT2D eigenvalue weighted by Gasteiger charge is -2.11. The van der Waals surface area contributed by atoms with Crippen LogP contribution in [0.15, 0.2) is 46.5 Å².